The van der Waals surface area contributed by atoms with Gasteiger partial charge in [-0.25, -0.2) is 8.42 Å². The van der Waals surface area contributed by atoms with E-state index in [9.17, 15) is 28.1 Å². The Kier molecular flexibility index (Phi) is 10.4. The molecule has 212 valence electrons. The number of halogens is 1. The van der Waals surface area contributed by atoms with Crippen molar-refractivity contribution in [1.29, 1.82) is 0 Å². The quantitative estimate of drug-likeness (QED) is 0.227. The van der Waals surface area contributed by atoms with Crippen LogP contribution in [0.5, 0.6) is 0 Å². The van der Waals surface area contributed by atoms with Gasteiger partial charge in [-0.15, -0.1) is 0 Å². The molecule has 1 atom stereocenters. The molecule has 0 unspecified atom stereocenters. The molecule has 40 heavy (non-hydrogen) atoms. The van der Waals surface area contributed by atoms with E-state index in [0.717, 1.165) is 20.4 Å². The van der Waals surface area contributed by atoms with E-state index in [1.807, 2.05) is 19.9 Å². The number of nitro benzene ring substituents is 1. The molecule has 0 aliphatic rings. The van der Waals surface area contributed by atoms with Crippen LogP contribution in [0, 0.1) is 16.0 Å². The lowest BCUT2D eigenvalue weighted by Gasteiger charge is -2.32. The van der Waals surface area contributed by atoms with Crippen LogP contribution in [0.1, 0.15) is 26.3 Å². The Morgan fingerprint density at radius 2 is 1.65 bits per heavy atom. The van der Waals surface area contributed by atoms with Crippen LogP contribution in [0.3, 0.4) is 0 Å². The lowest BCUT2D eigenvalue weighted by molar-refractivity contribution is -0.384. The molecule has 0 aromatic heterocycles. The molecule has 3 rings (SSSR count). The summed E-state index contributed by atoms with van der Waals surface area (Å²) in [6, 6.07) is 18.9. The molecule has 2 amide bonds. The summed E-state index contributed by atoms with van der Waals surface area (Å²) in [5.74, 6) is -0.853. The van der Waals surface area contributed by atoms with Crippen LogP contribution in [0.25, 0.3) is 0 Å². The van der Waals surface area contributed by atoms with Gasteiger partial charge in [0, 0.05) is 29.7 Å². The summed E-state index contributed by atoms with van der Waals surface area (Å²) in [5.41, 5.74) is 0.343. The second kappa shape index (κ2) is 13.5. The first-order valence-electron chi connectivity index (χ1n) is 12.5. The minimum absolute atomic E-state index is 0.0305. The second-order valence-electron chi connectivity index (χ2n) is 9.57. The predicted molar refractivity (Wildman–Crippen MR) is 156 cm³/mol. The van der Waals surface area contributed by atoms with E-state index < -0.39 is 33.4 Å². The van der Waals surface area contributed by atoms with Gasteiger partial charge in [0.15, 0.2) is 0 Å². The fourth-order valence-corrected chi connectivity index (χ4v) is 5.75. The molecule has 1 N–H and O–H groups in total. The molecule has 0 saturated heterocycles. The summed E-state index contributed by atoms with van der Waals surface area (Å²) >= 11 is 3.41. The van der Waals surface area contributed by atoms with Crippen molar-refractivity contribution in [3.05, 3.63) is 99.0 Å². The predicted octanol–water partition coefficient (Wildman–Crippen LogP) is 4.74. The number of carbonyl (C=O) groups is 2. The first kappa shape index (κ1) is 30.8. The molecule has 0 fully saturated rings. The number of sulfonamides is 1. The molecule has 3 aromatic carbocycles. The van der Waals surface area contributed by atoms with Gasteiger partial charge in [0.25, 0.3) is 15.7 Å². The van der Waals surface area contributed by atoms with E-state index in [0.29, 0.717) is 6.54 Å². The number of amides is 2. The van der Waals surface area contributed by atoms with Gasteiger partial charge in [-0.3, -0.25) is 24.0 Å². The Hall–Kier alpha value is -3.77. The maximum Gasteiger partial charge on any atom is 0.271 e. The summed E-state index contributed by atoms with van der Waals surface area (Å²) in [7, 11) is -4.32. The number of nitrogens with zero attached hydrogens (tertiary/aromatic N) is 3. The average molecular weight is 632 g/mol. The van der Waals surface area contributed by atoms with Crippen molar-refractivity contribution in [3.8, 4) is 0 Å². The Labute approximate surface area is 242 Å². The van der Waals surface area contributed by atoms with E-state index in [4.69, 9.17) is 0 Å². The highest BCUT2D eigenvalue weighted by Crippen LogP contribution is 2.27. The second-order valence-corrected chi connectivity index (χ2v) is 12.3. The number of benzene rings is 3. The third-order valence-electron chi connectivity index (χ3n) is 6.03. The van der Waals surface area contributed by atoms with E-state index in [1.165, 1.54) is 35.2 Å². The van der Waals surface area contributed by atoms with Crippen LogP contribution in [-0.2, 0) is 26.2 Å². The van der Waals surface area contributed by atoms with Gasteiger partial charge >= 0.3 is 0 Å². The largest absolute Gasteiger partial charge is 0.354 e. The number of non-ortho nitro benzene ring substituents is 1. The van der Waals surface area contributed by atoms with E-state index in [-0.39, 0.29) is 34.6 Å². The van der Waals surface area contributed by atoms with Gasteiger partial charge in [0.2, 0.25) is 11.8 Å². The van der Waals surface area contributed by atoms with E-state index >= 15 is 0 Å². The summed E-state index contributed by atoms with van der Waals surface area (Å²) in [5, 5.41) is 14.3. The molecule has 0 radical (unpaired) electrons. The van der Waals surface area contributed by atoms with Crippen LogP contribution < -0.4 is 9.62 Å². The summed E-state index contributed by atoms with van der Waals surface area (Å²) in [6.45, 7) is 5.22. The zero-order chi connectivity index (χ0) is 29.4. The first-order chi connectivity index (χ1) is 18.9. The molecule has 0 aliphatic heterocycles. The van der Waals surface area contributed by atoms with Gasteiger partial charge < -0.3 is 10.2 Å². The molecule has 12 heteroatoms. The highest BCUT2D eigenvalue weighted by molar-refractivity contribution is 9.10. The molecule has 0 saturated carbocycles. The topological polar surface area (TPSA) is 130 Å². The fourth-order valence-electron chi connectivity index (χ4n) is 3.88. The first-order valence-corrected chi connectivity index (χ1v) is 14.8. The van der Waals surface area contributed by atoms with E-state index in [2.05, 4.69) is 21.2 Å². The highest BCUT2D eigenvalue weighted by Gasteiger charge is 2.33. The van der Waals surface area contributed by atoms with Gasteiger partial charge in [0.1, 0.15) is 12.6 Å². The number of nitrogens with one attached hydrogen (secondary N) is 1. The Balaban J connectivity index is 2.05. The van der Waals surface area contributed by atoms with Crippen molar-refractivity contribution in [2.24, 2.45) is 5.92 Å². The van der Waals surface area contributed by atoms with Crippen LogP contribution in [0.4, 0.5) is 11.4 Å². The number of anilines is 1. The number of carbonyl (C=O) groups excluding carboxylic acids is 2. The van der Waals surface area contributed by atoms with Crippen molar-refractivity contribution in [2.45, 2.75) is 38.3 Å². The van der Waals surface area contributed by atoms with Gasteiger partial charge in [-0.2, -0.15) is 0 Å². The SMILES string of the molecule is CC(C)CNC(=O)[C@@H](C)N(Cc1cccc(Br)c1)C(=O)CN(c1cccc([N+](=O)[O-])c1)S(=O)(=O)c1ccccc1. The van der Waals surface area contributed by atoms with Gasteiger partial charge in [-0.05, 0) is 48.7 Å². The number of hydrogen-bond donors (Lipinski definition) is 1. The zero-order valence-electron chi connectivity index (χ0n) is 22.4. The average Bonchev–Trinajstić information content (AvgIpc) is 2.93. The highest BCUT2D eigenvalue weighted by atomic mass is 79.9. The molecule has 3 aromatic rings. The Morgan fingerprint density at radius 3 is 2.27 bits per heavy atom. The summed E-state index contributed by atoms with van der Waals surface area (Å²) < 4.78 is 29.1. The number of hydrogen-bond acceptors (Lipinski definition) is 6. The Morgan fingerprint density at radius 1 is 0.975 bits per heavy atom. The normalized spacial score (nSPS) is 12.0. The lowest BCUT2D eigenvalue weighted by Crippen LogP contribution is -2.51. The maximum atomic E-state index is 13.9. The van der Waals surface area contributed by atoms with Gasteiger partial charge in [-0.1, -0.05) is 66.2 Å². The van der Waals surface area contributed by atoms with Crippen LogP contribution >= 0.6 is 15.9 Å². The third-order valence-corrected chi connectivity index (χ3v) is 8.31. The van der Waals surface area contributed by atoms with Crippen molar-refractivity contribution in [1.82, 2.24) is 10.2 Å². The Bertz CT molecular complexity index is 1470. The number of nitro groups is 1. The molecular weight excluding hydrogens is 600 g/mol. The van der Waals surface area contributed by atoms with Crippen LogP contribution in [0.2, 0.25) is 0 Å². The summed E-state index contributed by atoms with van der Waals surface area (Å²) in [6.07, 6.45) is 0. The third kappa shape index (κ3) is 7.89. The van der Waals surface area contributed by atoms with Crippen LogP contribution in [0.15, 0.2) is 88.2 Å². The smallest absolute Gasteiger partial charge is 0.271 e. The molecule has 0 heterocycles. The monoisotopic (exact) mass is 630 g/mol. The fraction of sp³-hybridized carbons (Fsp3) is 0.286. The minimum atomic E-state index is -4.32. The maximum absolute atomic E-state index is 13.9. The van der Waals surface area contributed by atoms with Crippen molar-refractivity contribution in [2.75, 3.05) is 17.4 Å². The standard InChI is InChI=1S/C28H31BrN4O6S/c1-20(2)17-30-28(35)21(3)31(18-22-9-7-10-23(29)15-22)27(34)19-32(24-11-8-12-25(16-24)33(36)37)40(38,39)26-13-5-4-6-14-26/h4-16,20-21H,17-19H2,1-3H3,(H,30,35)/t21-/m1/s1. The minimum Gasteiger partial charge on any atom is -0.354 e. The van der Waals surface area contributed by atoms with Crippen molar-refractivity contribution in [3.63, 3.8) is 0 Å². The molecular formula is C28H31BrN4O6S. The lowest BCUT2D eigenvalue weighted by atomic mass is 10.1. The van der Waals surface area contributed by atoms with Gasteiger partial charge in [0.05, 0.1) is 15.5 Å². The van der Waals surface area contributed by atoms with Crippen molar-refractivity contribution < 1.29 is 22.9 Å². The van der Waals surface area contributed by atoms with Crippen LogP contribution in [-0.4, -0.2) is 49.2 Å². The number of rotatable bonds is 12. The molecule has 0 bridgehead atoms. The molecule has 10 nitrogen and oxygen atoms in total. The van der Waals surface area contributed by atoms with Crippen molar-refractivity contribution >= 4 is 49.1 Å². The van der Waals surface area contributed by atoms with E-state index in [1.54, 1.807) is 43.3 Å². The molecule has 0 aliphatic carbocycles. The summed E-state index contributed by atoms with van der Waals surface area (Å²) in [4.78, 5) is 38.9. The molecule has 0 spiro atoms. The zero-order valence-corrected chi connectivity index (χ0v) is 24.8.